The Morgan fingerprint density at radius 2 is 2.14 bits per heavy atom. The number of aromatic nitrogens is 4. The lowest BCUT2D eigenvalue weighted by Crippen LogP contribution is -2.02. The summed E-state index contributed by atoms with van der Waals surface area (Å²) in [7, 11) is 1.69. The zero-order valence-corrected chi connectivity index (χ0v) is 12.2. The minimum absolute atomic E-state index is 0.159. The van der Waals surface area contributed by atoms with Gasteiger partial charge in [-0.2, -0.15) is 9.97 Å². The van der Waals surface area contributed by atoms with E-state index in [1.54, 1.807) is 13.4 Å². The highest BCUT2D eigenvalue weighted by molar-refractivity contribution is 6.28. The molecule has 108 valence electrons. The van der Waals surface area contributed by atoms with Crippen LogP contribution in [0.1, 0.15) is 5.56 Å². The van der Waals surface area contributed by atoms with E-state index >= 15 is 0 Å². The van der Waals surface area contributed by atoms with Crippen LogP contribution in [-0.4, -0.2) is 33.7 Å². The maximum absolute atomic E-state index is 5.93. The lowest BCUT2D eigenvalue weighted by Gasteiger charge is -2.11. The molecule has 0 fully saturated rings. The van der Waals surface area contributed by atoms with Gasteiger partial charge in [0.15, 0.2) is 11.5 Å². The molecule has 6 nitrogen and oxygen atoms in total. The van der Waals surface area contributed by atoms with Crippen molar-refractivity contribution in [1.82, 2.24) is 19.9 Å². The molecule has 0 aliphatic carbocycles. The highest BCUT2D eigenvalue weighted by Crippen LogP contribution is 2.25. The molecule has 1 aromatic carbocycles. The Hall–Kier alpha value is -2.18. The first kappa shape index (κ1) is 13.8. The van der Waals surface area contributed by atoms with Crippen LogP contribution in [0.2, 0.25) is 5.28 Å². The van der Waals surface area contributed by atoms with Gasteiger partial charge in [0.05, 0.1) is 12.9 Å². The monoisotopic (exact) mass is 303 g/mol. The van der Waals surface area contributed by atoms with E-state index in [1.165, 1.54) is 0 Å². The first-order valence-corrected chi connectivity index (χ1v) is 6.86. The van der Waals surface area contributed by atoms with E-state index in [9.17, 15) is 0 Å². The number of halogens is 1. The van der Waals surface area contributed by atoms with Crippen LogP contribution in [0.5, 0.6) is 0 Å². The zero-order valence-electron chi connectivity index (χ0n) is 11.4. The fraction of sp³-hybridized carbons (Fsp3) is 0.214. The highest BCUT2D eigenvalue weighted by Gasteiger charge is 2.10. The van der Waals surface area contributed by atoms with Crippen LogP contribution in [0.25, 0.3) is 11.2 Å². The third-order valence-electron chi connectivity index (χ3n) is 3.10. The van der Waals surface area contributed by atoms with Gasteiger partial charge in [0, 0.05) is 12.8 Å². The van der Waals surface area contributed by atoms with Crippen molar-refractivity contribution >= 4 is 34.3 Å². The molecule has 0 unspecified atom stereocenters. The Bertz CT molecular complexity index is 758. The minimum atomic E-state index is 0.159. The number of para-hydroxylation sites is 1. The van der Waals surface area contributed by atoms with Gasteiger partial charge in [-0.15, -0.1) is 0 Å². The summed E-state index contributed by atoms with van der Waals surface area (Å²) in [6.07, 6.45) is 2.38. The average Bonchev–Trinajstić information content (AvgIpc) is 2.94. The van der Waals surface area contributed by atoms with Gasteiger partial charge in [-0.3, -0.25) is 0 Å². The molecule has 21 heavy (non-hydrogen) atoms. The van der Waals surface area contributed by atoms with Crippen molar-refractivity contribution in [3.8, 4) is 0 Å². The van der Waals surface area contributed by atoms with Crippen LogP contribution in [0.3, 0.4) is 0 Å². The topological polar surface area (TPSA) is 75.7 Å². The van der Waals surface area contributed by atoms with Gasteiger partial charge in [0.1, 0.15) is 5.52 Å². The van der Waals surface area contributed by atoms with Gasteiger partial charge < -0.3 is 15.0 Å². The molecule has 7 heteroatoms. The predicted octanol–water partition coefficient (Wildman–Crippen LogP) is 2.94. The number of hydrogen-bond donors (Lipinski definition) is 2. The van der Waals surface area contributed by atoms with E-state index in [1.807, 2.05) is 24.3 Å². The van der Waals surface area contributed by atoms with E-state index in [4.69, 9.17) is 16.3 Å². The number of benzene rings is 1. The second-order valence-corrected chi connectivity index (χ2v) is 4.81. The number of anilines is 2. The molecule has 0 bridgehead atoms. The van der Waals surface area contributed by atoms with Gasteiger partial charge in [0.25, 0.3) is 0 Å². The number of H-pyrrole nitrogens is 1. The molecular weight excluding hydrogens is 290 g/mol. The molecule has 0 amide bonds. The van der Waals surface area contributed by atoms with Crippen molar-refractivity contribution in [2.24, 2.45) is 0 Å². The number of nitrogens with zero attached hydrogens (tertiary/aromatic N) is 3. The van der Waals surface area contributed by atoms with Gasteiger partial charge >= 0.3 is 0 Å². The molecule has 0 aliphatic heterocycles. The normalized spacial score (nSPS) is 11.0. The Morgan fingerprint density at radius 1 is 1.29 bits per heavy atom. The Balaban J connectivity index is 1.97. The number of nitrogens with one attached hydrogen (secondary N) is 2. The number of aromatic amines is 1. The summed E-state index contributed by atoms with van der Waals surface area (Å²) in [6.45, 7) is 0.655. The molecule has 0 radical (unpaired) electrons. The smallest absolute Gasteiger partial charge is 0.226 e. The SMILES string of the molecule is COCCc1ccccc1Nc1nc(Cl)nc2nc[nH]c12. The van der Waals surface area contributed by atoms with Crippen LogP contribution in [0, 0.1) is 0 Å². The fourth-order valence-electron chi connectivity index (χ4n) is 2.10. The molecule has 0 aliphatic rings. The molecular formula is C14H14ClN5O. The van der Waals surface area contributed by atoms with Gasteiger partial charge in [-0.25, -0.2) is 4.98 Å². The van der Waals surface area contributed by atoms with E-state index in [2.05, 4.69) is 25.3 Å². The third-order valence-corrected chi connectivity index (χ3v) is 3.27. The second-order valence-electron chi connectivity index (χ2n) is 4.47. The first-order chi connectivity index (χ1) is 10.3. The summed E-state index contributed by atoms with van der Waals surface area (Å²) in [6, 6.07) is 8.00. The summed E-state index contributed by atoms with van der Waals surface area (Å²) >= 11 is 5.93. The number of imidazole rings is 1. The number of ether oxygens (including phenoxy) is 1. The number of fused-ring (bicyclic) bond motifs is 1. The van der Waals surface area contributed by atoms with E-state index in [0.717, 1.165) is 23.2 Å². The zero-order chi connectivity index (χ0) is 14.7. The summed E-state index contributed by atoms with van der Waals surface area (Å²) < 4.78 is 5.14. The van der Waals surface area contributed by atoms with E-state index in [0.29, 0.717) is 18.1 Å². The van der Waals surface area contributed by atoms with Crippen LogP contribution < -0.4 is 5.32 Å². The van der Waals surface area contributed by atoms with Crippen LogP contribution in [0.15, 0.2) is 30.6 Å². The van der Waals surface area contributed by atoms with E-state index in [-0.39, 0.29) is 5.28 Å². The molecule has 0 atom stereocenters. The standard InChI is InChI=1S/C14H14ClN5O/c1-21-7-6-9-4-2-3-5-10(9)18-13-11-12(17-8-16-11)19-14(15)20-13/h2-5,8H,6-7H2,1H3,(H2,16,17,18,19,20). The molecule has 3 aromatic rings. The molecule has 2 aromatic heterocycles. The molecule has 3 rings (SSSR count). The molecule has 2 heterocycles. The Morgan fingerprint density at radius 3 is 3.00 bits per heavy atom. The van der Waals surface area contributed by atoms with E-state index < -0.39 is 0 Å². The van der Waals surface area contributed by atoms with Crippen LogP contribution >= 0.6 is 11.6 Å². The van der Waals surface area contributed by atoms with Gasteiger partial charge in [-0.1, -0.05) is 18.2 Å². The maximum atomic E-state index is 5.93. The lowest BCUT2D eigenvalue weighted by atomic mass is 10.1. The lowest BCUT2D eigenvalue weighted by molar-refractivity contribution is 0.202. The largest absolute Gasteiger partial charge is 0.384 e. The maximum Gasteiger partial charge on any atom is 0.226 e. The first-order valence-electron chi connectivity index (χ1n) is 6.48. The fourth-order valence-corrected chi connectivity index (χ4v) is 2.26. The van der Waals surface area contributed by atoms with Gasteiger partial charge in [0.2, 0.25) is 5.28 Å². The number of rotatable bonds is 5. The summed E-state index contributed by atoms with van der Waals surface area (Å²) in [4.78, 5) is 15.4. The van der Waals surface area contributed by atoms with Crippen molar-refractivity contribution in [2.75, 3.05) is 19.0 Å². The molecule has 0 saturated heterocycles. The summed E-state index contributed by atoms with van der Waals surface area (Å²) in [5.74, 6) is 0.604. The van der Waals surface area contributed by atoms with Crippen molar-refractivity contribution in [3.05, 3.63) is 41.4 Å². The van der Waals surface area contributed by atoms with Crippen molar-refractivity contribution in [1.29, 1.82) is 0 Å². The van der Waals surface area contributed by atoms with Crippen LogP contribution in [0.4, 0.5) is 11.5 Å². The molecule has 0 spiro atoms. The average molecular weight is 304 g/mol. The van der Waals surface area contributed by atoms with Crippen molar-refractivity contribution in [2.45, 2.75) is 6.42 Å². The number of hydrogen-bond acceptors (Lipinski definition) is 5. The minimum Gasteiger partial charge on any atom is -0.384 e. The van der Waals surface area contributed by atoms with Crippen molar-refractivity contribution < 1.29 is 4.74 Å². The summed E-state index contributed by atoms with van der Waals surface area (Å²) in [5, 5.41) is 3.45. The summed E-state index contributed by atoms with van der Waals surface area (Å²) in [5.41, 5.74) is 3.36. The quantitative estimate of drug-likeness (QED) is 0.709. The molecule has 0 saturated carbocycles. The predicted molar refractivity (Wildman–Crippen MR) is 82.0 cm³/mol. The Labute approximate surface area is 126 Å². The van der Waals surface area contributed by atoms with Crippen molar-refractivity contribution in [3.63, 3.8) is 0 Å². The Kier molecular flexibility index (Phi) is 3.98. The van der Waals surface area contributed by atoms with Gasteiger partial charge in [-0.05, 0) is 29.7 Å². The van der Waals surface area contributed by atoms with Crippen LogP contribution in [-0.2, 0) is 11.2 Å². The molecule has 2 N–H and O–H groups in total. The third kappa shape index (κ3) is 2.96. The second kappa shape index (κ2) is 6.07. The highest BCUT2D eigenvalue weighted by atomic mass is 35.5. The number of methoxy groups -OCH3 is 1.